The normalized spacial score (nSPS) is 10.8. The number of hydrogen-bond acceptors (Lipinski definition) is 6. The number of nitro groups is 2. The lowest BCUT2D eigenvalue weighted by Gasteiger charge is -2.10. The zero-order chi connectivity index (χ0) is 20.8. The molecule has 3 aromatic carbocycles. The zero-order valence-corrected chi connectivity index (χ0v) is 14.9. The minimum atomic E-state index is -0.745. The number of hydrogen-bond donors (Lipinski definition) is 0. The van der Waals surface area contributed by atoms with Gasteiger partial charge in [0.25, 0.3) is 5.69 Å². The maximum atomic E-state index is 11.3. The lowest BCUT2D eigenvalue weighted by atomic mass is 10.0. The summed E-state index contributed by atoms with van der Waals surface area (Å²) in [5.41, 5.74) is 0.696. The van der Waals surface area contributed by atoms with Crippen LogP contribution in [0.4, 0.5) is 11.4 Å². The van der Waals surface area contributed by atoms with Crippen LogP contribution >= 0.6 is 0 Å². The topological polar surface area (TPSA) is 119 Å². The molecule has 0 aromatic heterocycles. The highest BCUT2D eigenvalue weighted by Gasteiger charge is 2.21. The van der Waals surface area contributed by atoms with Crippen LogP contribution in [-0.2, 0) is 0 Å². The van der Waals surface area contributed by atoms with Crippen molar-refractivity contribution in [2.45, 2.75) is 0 Å². The first kappa shape index (κ1) is 19.3. The third-order valence-electron chi connectivity index (χ3n) is 3.99. The van der Waals surface area contributed by atoms with E-state index >= 15 is 0 Å². The molecule has 0 amide bonds. The van der Waals surface area contributed by atoms with Crippen molar-refractivity contribution in [3.05, 3.63) is 104 Å². The van der Waals surface area contributed by atoms with Gasteiger partial charge in [-0.3, -0.25) is 20.2 Å². The van der Waals surface area contributed by atoms with Crippen molar-refractivity contribution in [3.8, 4) is 17.6 Å². The summed E-state index contributed by atoms with van der Waals surface area (Å²) in [6.45, 7) is 0. The lowest BCUT2D eigenvalue weighted by Crippen LogP contribution is -1.97. The summed E-state index contributed by atoms with van der Waals surface area (Å²) in [7, 11) is 0. The van der Waals surface area contributed by atoms with Gasteiger partial charge < -0.3 is 4.74 Å². The molecule has 8 nitrogen and oxygen atoms in total. The van der Waals surface area contributed by atoms with E-state index in [0.717, 1.165) is 12.1 Å². The molecule has 0 atom stereocenters. The number of ether oxygens (including phenoxy) is 1. The first-order valence-electron chi connectivity index (χ1n) is 8.36. The minimum absolute atomic E-state index is 0.139. The van der Waals surface area contributed by atoms with Crippen LogP contribution in [0.1, 0.15) is 11.1 Å². The number of nitriles is 1. The van der Waals surface area contributed by atoms with Crippen molar-refractivity contribution in [2.75, 3.05) is 0 Å². The van der Waals surface area contributed by atoms with Gasteiger partial charge in [-0.25, -0.2) is 0 Å². The Morgan fingerprint density at radius 2 is 1.59 bits per heavy atom. The monoisotopic (exact) mass is 387 g/mol. The Bertz CT molecular complexity index is 1150. The summed E-state index contributed by atoms with van der Waals surface area (Å²) >= 11 is 0. The smallest absolute Gasteiger partial charge is 0.318 e. The number of rotatable bonds is 6. The van der Waals surface area contributed by atoms with Crippen molar-refractivity contribution in [2.24, 2.45) is 0 Å². The SMILES string of the molecule is N#C/C(=C\c1ccccc1Oc1ccc([N+](=O)[O-])cc1[N+](=O)[O-])c1ccccc1. The average Bonchev–Trinajstić information content (AvgIpc) is 2.73. The Morgan fingerprint density at radius 1 is 0.897 bits per heavy atom. The molecule has 0 aliphatic heterocycles. The van der Waals surface area contributed by atoms with E-state index in [4.69, 9.17) is 4.74 Å². The van der Waals surface area contributed by atoms with Crippen LogP contribution in [0.2, 0.25) is 0 Å². The van der Waals surface area contributed by atoms with Gasteiger partial charge in [0, 0.05) is 11.6 Å². The van der Waals surface area contributed by atoms with Gasteiger partial charge in [0.05, 0.1) is 27.6 Å². The van der Waals surface area contributed by atoms with E-state index in [-0.39, 0.29) is 11.5 Å². The van der Waals surface area contributed by atoms with Crippen LogP contribution in [0.3, 0.4) is 0 Å². The molecule has 0 radical (unpaired) electrons. The van der Waals surface area contributed by atoms with E-state index < -0.39 is 21.2 Å². The molecule has 0 aliphatic carbocycles. The molecule has 0 fully saturated rings. The number of para-hydroxylation sites is 1. The highest BCUT2D eigenvalue weighted by molar-refractivity contribution is 5.90. The molecule has 142 valence electrons. The van der Waals surface area contributed by atoms with Crippen LogP contribution in [0.15, 0.2) is 72.8 Å². The molecule has 29 heavy (non-hydrogen) atoms. The van der Waals surface area contributed by atoms with Crippen molar-refractivity contribution in [3.63, 3.8) is 0 Å². The number of nitro benzene ring substituents is 2. The summed E-state index contributed by atoms with van der Waals surface area (Å²) in [6.07, 6.45) is 1.61. The van der Waals surface area contributed by atoms with E-state index in [9.17, 15) is 25.5 Å². The molecule has 0 aliphatic rings. The third kappa shape index (κ3) is 4.43. The van der Waals surface area contributed by atoms with Crippen LogP contribution in [0.5, 0.6) is 11.5 Å². The number of nitrogens with zero attached hydrogens (tertiary/aromatic N) is 3. The standard InChI is InChI=1S/C21H13N3O5/c22-14-17(15-6-2-1-3-7-15)12-16-8-4-5-9-20(16)29-21-11-10-18(23(25)26)13-19(21)24(27)28/h1-13H/b17-12+. The molecule has 0 unspecified atom stereocenters. The van der Waals surface area contributed by atoms with E-state index in [0.29, 0.717) is 16.7 Å². The van der Waals surface area contributed by atoms with Crippen LogP contribution in [0, 0.1) is 31.6 Å². The van der Waals surface area contributed by atoms with E-state index in [1.807, 2.05) is 18.2 Å². The Morgan fingerprint density at radius 3 is 2.24 bits per heavy atom. The average molecular weight is 387 g/mol. The molecule has 0 spiro atoms. The first-order valence-corrected chi connectivity index (χ1v) is 8.36. The number of allylic oxidation sites excluding steroid dienone is 1. The minimum Gasteiger partial charge on any atom is -0.449 e. The Labute approximate surface area is 165 Å². The fraction of sp³-hybridized carbons (Fsp3) is 0. The second-order valence-corrected chi connectivity index (χ2v) is 5.84. The fourth-order valence-electron chi connectivity index (χ4n) is 2.61. The van der Waals surface area contributed by atoms with Gasteiger partial charge in [0.1, 0.15) is 5.75 Å². The predicted octanol–water partition coefficient (Wildman–Crippen LogP) is 5.36. The molecule has 0 saturated carbocycles. The number of non-ortho nitro benzene ring substituents is 1. The van der Waals surface area contributed by atoms with Gasteiger partial charge in [0.2, 0.25) is 5.75 Å². The largest absolute Gasteiger partial charge is 0.449 e. The van der Waals surface area contributed by atoms with Gasteiger partial charge in [-0.2, -0.15) is 5.26 Å². The van der Waals surface area contributed by atoms with E-state index in [2.05, 4.69) is 6.07 Å². The molecule has 0 heterocycles. The van der Waals surface area contributed by atoms with E-state index in [1.54, 1.807) is 42.5 Å². The highest BCUT2D eigenvalue weighted by atomic mass is 16.6. The maximum Gasteiger partial charge on any atom is 0.318 e. The van der Waals surface area contributed by atoms with Crippen molar-refractivity contribution < 1.29 is 14.6 Å². The molecule has 3 aromatic rings. The van der Waals surface area contributed by atoms with Gasteiger partial charge in [-0.1, -0.05) is 48.5 Å². The summed E-state index contributed by atoms with van der Waals surface area (Å²) < 4.78 is 5.70. The van der Waals surface area contributed by atoms with Gasteiger partial charge in [-0.15, -0.1) is 0 Å². The summed E-state index contributed by atoms with van der Waals surface area (Å²) in [6, 6.07) is 21.0. The Kier molecular flexibility index (Phi) is 5.61. The van der Waals surface area contributed by atoms with Crippen molar-refractivity contribution >= 4 is 23.0 Å². The second kappa shape index (κ2) is 8.45. The zero-order valence-electron chi connectivity index (χ0n) is 14.9. The lowest BCUT2D eigenvalue weighted by molar-refractivity contribution is -0.394. The maximum absolute atomic E-state index is 11.3. The van der Waals surface area contributed by atoms with Gasteiger partial charge in [0.15, 0.2) is 0 Å². The van der Waals surface area contributed by atoms with Crippen molar-refractivity contribution in [1.82, 2.24) is 0 Å². The predicted molar refractivity (Wildman–Crippen MR) is 106 cm³/mol. The van der Waals surface area contributed by atoms with Crippen LogP contribution < -0.4 is 4.74 Å². The van der Waals surface area contributed by atoms with E-state index in [1.165, 1.54) is 6.07 Å². The molecule has 0 N–H and O–H groups in total. The first-order chi connectivity index (χ1) is 14.0. The summed E-state index contributed by atoms with van der Waals surface area (Å²) in [5, 5.41) is 31.7. The quantitative estimate of drug-likeness (QED) is 0.243. The van der Waals surface area contributed by atoms with Crippen LogP contribution in [-0.4, -0.2) is 9.85 Å². The highest BCUT2D eigenvalue weighted by Crippen LogP contribution is 2.36. The molecule has 0 saturated heterocycles. The molecule has 8 heteroatoms. The number of benzene rings is 3. The summed E-state index contributed by atoms with van der Waals surface area (Å²) in [4.78, 5) is 20.8. The third-order valence-corrected chi connectivity index (χ3v) is 3.99. The van der Waals surface area contributed by atoms with Gasteiger partial charge in [-0.05, 0) is 23.8 Å². The molecule has 3 rings (SSSR count). The molecule has 0 bridgehead atoms. The van der Waals surface area contributed by atoms with Gasteiger partial charge >= 0.3 is 5.69 Å². The summed E-state index contributed by atoms with van der Waals surface area (Å²) in [5.74, 6) is 0.132. The Balaban J connectivity index is 2.03. The fourth-order valence-corrected chi connectivity index (χ4v) is 2.61. The van der Waals surface area contributed by atoms with Crippen LogP contribution in [0.25, 0.3) is 11.6 Å². The molecular formula is C21H13N3O5. The molecular weight excluding hydrogens is 374 g/mol. The second-order valence-electron chi connectivity index (χ2n) is 5.84. The Hall–Kier alpha value is -4.51. The van der Waals surface area contributed by atoms with Crippen molar-refractivity contribution in [1.29, 1.82) is 5.26 Å².